The molecular weight excluding hydrogens is 294 g/mol. The van der Waals surface area contributed by atoms with Crippen LogP contribution in [0.2, 0.25) is 0 Å². The molecule has 0 saturated heterocycles. The first-order chi connectivity index (χ1) is 8.60. The summed E-state index contributed by atoms with van der Waals surface area (Å²) in [6.45, 7) is 1.81. The first-order valence-electron chi connectivity index (χ1n) is 5.21. The molecule has 0 fully saturated rings. The van der Waals surface area contributed by atoms with E-state index in [-0.39, 0.29) is 0 Å². The molecule has 90 valence electrons. The van der Waals surface area contributed by atoms with Gasteiger partial charge in [0.2, 0.25) is 5.88 Å². The number of benzene rings is 1. The minimum absolute atomic E-state index is 0.373. The van der Waals surface area contributed by atoms with Gasteiger partial charge in [-0.15, -0.1) is 0 Å². The van der Waals surface area contributed by atoms with Crippen LogP contribution in [0.5, 0.6) is 11.6 Å². The van der Waals surface area contributed by atoms with E-state index in [0.717, 1.165) is 5.69 Å². The van der Waals surface area contributed by atoms with Gasteiger partial charge < -0.3 is 10.5 Å². The third-order valence-electron chi connectivity index (χ3n) is 2.27. The molecule has 0 amide bonds. The Labute approximate surface area is 113 Å². The largest absolute Gasteiger partial charge is 0.438 e. The van der Waals surface area contributed by atoms with E-state index in [0.29, 0.717) is 27.4 Å². The number of aryl methyl sites for hydroxylation is 1. The zero-order chi connectivity index (χ0) is 13.1. The van der Waals surface area contributed by atoms with Crippen LogP contribution in [-0.4, -0.2) is 4.98 Å². The molecule has 1 aromatic heterocycles. The van der Waals surface area contributed by atoms with Gasteiger partial charge in [0.05, 0.1) is 16.1 Å². The lowest BCUT2D eigenvalue weighted by atomic mass is 10.2. The molecule has 18 heavy (non-hydrogen) atoms. The molecule has 0 aliphatic heterocycles. The summed E-state index contributed by atoms with van der Waals surface area (Å²) in [6.07, 6.45) is 0. The normalized spacial score (nSPS) is 9.83. The molecule has 4 nitrogen and oxygen atoms in total. The summed E-state index contributed by atoms with van der Waals surface area (Å²) in [4.78, 5) is 4.21. The highest BCUT2D eigenvalue weighted by atomic mass is 79.9. The molecule has 0 saturated carbocycles. The lowest BCUT2D eigenvalue weighted by Gasteiger charge is -2.09. The van der Waals surface area contributed by atoms with Crippen LogP contribution >= 0.6 is 15.9 Å². The predicted molar refractivity (Wildman–Crippen MR) is 72.3 cm³/mol. The van der Waals surface area contributed by atoms with Gasteiger partial charge in [0.1, 0.15) is 5.75 Å². The smallest absolute Gasteiger partial charge is 0.220 e. The Morgan fingerprint density at radius 1 is 1.39 bits per heavy atom. The highest BCUT2D eigenvalue weighted by molar-refractivity contribution is 9.10. The first-order valence-corrected chi connectivity index (χ1v) is 6.00. The van der Waals surface area contributed by atoms with Gasteiger partial charge in [0, 0.05) is 17.4 Å². The van der Waals surface area contributed by atoms with Crippen molar-refractivity contribution in [2.75, 3.05) is 5.73 Å². The van der Waals surface area contributed by atoms with Gasteiger partial charge in [-0.1, -0.05) is 6.07 Å². The summed E-state index contributed by atoms with van der Waals surface area (Å²) >= 11 is 3.35. The Morgan fingerprint density at radius 3 is 2.89 bits per heavy atom. The molecule has 2 N–H and O–H groups in total. The van der Waals surface area contributed by atoms with Crippen LogP contribution in [0, 0.1) is 18.3 Å². The molecule has 2 aromatic rings. The molecule has 0 aliphatic carbocycles. The maximum absolute atomic E-state index is 8.89. The number of nitrogens with zero attached hydrogens (tertiary/aromatic N) is 2. The van der Waals surface area contributed by atoms with Crippen LogP contribution < -0.4 is 10.5 Å². The average Bonchev–Trinajstić information content (AvgIpc) is 2.34. The summed E-state index contributed by atoms with van der Waals surface area (Å²) < 4.78 is 6.30. The summed E-state index contributed by atoms with van der Waals surface area (Å²) in [5.74, 6) is 0.940. The maximum atomic E-state index is 8.89. The summed E-state index contributed by atoms with van der Waals surface area (Å²) in [5, 5.41) is 8.89. The second-order valence-electron chi connectivity index (χ2n) is 3.71. The quantitative estimate of drug-likeness (QED) is 0.863. The van der Waals surface area contributed by atoms with Gasteiger partial charge in [0.15, 0.2) is 0 Å². The SMILES string of the molecule is Cc1cc(C#N)cc(Oc2cccc(N)c2Br)n1. The fourth-order valence-corrected chi connectivity index (χ4v) is 1.82. The number of nitrogens with two attached hydrogens (primary N) is 1. The fraction of sp³-hybridized carbons (Fsp3) is 0.0769. The molecule has 0 atom stereocenters. The van der Waals surface area contributed by atoms with E-state index in [1.54, 1.807) is 30.3 Å². The minimum atomic E-state index is 0.373. The molecule has 2 rings (SSSR count). The van der Waals surface area contributed by atoms with Gasteiger partial charge in [0.25, 0.3) is 0 Å². The van der Waals surface area contributed by atoms with Crippen molar-refractivity contribution in [1.29, 1.82) is 5.26 Å². The van der Waals surface area contributed by atoms with Crippen molar-refractivity contribution >= 4 is 21.6 Å². The van der Waals surface area contributed by atoms with E-state index in [1.807, 2.05) is 6.92 Å². The van der Waals surface area contributed by atoms with Gasteiger partial charge in [-0.25, -0.2) is 4.98 Å². The molecule has 1 aromatic carbocycles. The maximum Gasteiger partial charge on any atom is 0.220 e. The lowest BCUT2D eigenvalue weighted by molar-refractivity contribution is 0.459. The van der Waals surface area contributed by atoms with Crippen molar-refractivity contribution in [2.45, 2.75) is 6.92 Å². The van der Waals surface area contributed by atoms with Gasteiger partial charge in [-0.05, 0) is 41.1 Å². The zero-order valence-electron chi connectivity index (χ0n) is 9.64. The highest BCUT2D eigenvalue weighted by Gasteiger charge is 2.07. The minimum Gasteiger partial charge on any atom is -0.438 e. The van der Waals surface area contributed by atoms with E-state index in [4.69, 9.17) is 15.7 Å². The number of nitriles is 1. The standard InChI is InChI=1S/C13H10BrN3O/c1-8-5-9(7-15)6-12(17-8)18-11-4-2-3-10(16)13(11)14/h2-6H,16H2,1H3. The van der Waals surface area contributed by atoms with E-state index in [2.05, 4.69) is 27.0 Å². The van der Waals surface area contributed by atoms with E-state index in [9.17, 15) is 0 Å². The van der Waals surface area contributed by atoms with Crippen molar-refractivity contribution in [3.8, 4) is 17.7 Å². The van der Waals surface area contributed by atoms with Crippen molar-refractivity contribution < 1.29 is 4.74 Å². The van der Waals surface area contributed by atoms with Crippen molar-refractivity contribution in [3.05, 3.63) is 46.1 Å². The van der Waals surface area contributed by atoms with Crippen molar-refractivity contribution in [2.24, 2.45) is 0 Å². The predicted octanol–water partition coefficient (Wildman–Crippen LogP) is 3.40. The molecule has 5 heteroatoms. The van der Waals surface area contributed by atoms with Gasteiger partial charge in [-0.2, -0.15) is 5.26 Å². The van der Waals surface area contributed by atoms with Gasteiger partial charge >= 0.3 is 0 Å². The van der Waals surface area contributed by atoms with E-state index < -0.39 is 0 Å². The number of hydrogen-bond donors (Lipinski definition) is 1. The third kappa shape index (κ3) is 2.60. The molecular formula is C13H10BrN3O. The summed E-state index contributed by atoms with van der Waals surface area (Å²) in [5.41, 5.74) is 7.58. The highest BCUT2D eigenvalue weighted by Crippen LogP contribution is 2.33. The number of ether oxygens (including phenoxy) is 1. The Morgan fingerprint density at radius 2 is 2.17 bits per heavy atom. The monoisotopic (exact) mass is 303 g/mol. The van der Waals surface area contributed by atoms with Crippen LogP contribution in [0.25, 0.3) is 0 Å². The van der Waals surface area contributed by atoms with Crippen LogP contribution in [-0.2, 0) is 0 Å². The second-order valence-corrected chi connectivity index (χ2v) is 4.50. The lowest BCUT2D eigenvalue weighted by Crippen LogP contribution is -1.94. The first kappa shape index (κ1) is 12.4. The third-order valence-corrected chi connectivity index (χ3v) is 3.12. The molecule has 0 aliphatic rings. The molecule has 0 spiro atoms. The summed E-state index contributed by atoms with van der Waals surface area (Å²) in [7, 11) is 0. The fourth-order valence-electron chi connectivity index (χ4n) is 1.47. The van der Waals surface area contributed by atoms with Crippen LogP contribution in [0.15, 0.2) is 34.8 Å². The number of hydrogen-bond acceptors (Lipinski definition) is 4. The number of aromatic nitrogens is 1. The topological polar surface area (TPSA) is 71.9 Å². The molecule has 0 unspecified atom stereocenters. The van der Waals surface area contributed by atoms with E-state index >= 15 is 0 Å². The number of anilines is 1. The second kappa shape index (κ2) is 5.07. The molecule has 0 radical (unpaired) electrons. The Kier molecular flexibility index (Phi) is 3.49. The number of rotatable bonds is 2. The number of nitrogen functional groups attached to an aromatic ring is 1. The van der Waals surface area contributed by atoms with Crippen LogP contribution in [0.1, 0.15) is 11.3 Å². The molecule has 1 heterocycles. The Bertz CT molecular complexity index is 635. The van der Waals surface area contributed by atoms with Gasteiger partial charge in [-0.3, -0.25) is 0 Å². The number of pyridine rings is 1. The van der Waals surface area contributed by atoms with Crippen molar-refractivity contribution in [3.63, 3.8) is 0 Å². The van der Waals surface area contributed by atoms with Crippen LogP contribution in [0.4, 0.5) is 5.69 Å². The zero-order valence-corrected chi connectivity index (χ0v) is 11.2. The van der Waals surface area contributed by atoms with Crippen LogP contribution in [0.3, 0.4) is 0 Å². The Balaban J connectivity index is 2.37. The Hall–Kier alpha value is -2.06. The van der Waals surface area contributed by atoms with Crippen molar-refractivity contribution in [1.82, 2.24) is 4.98 Å². The van der Waals surface area contributed by atoms with E-state index in [1.165, 1.54) is 0 Å². The molecule has 0 bridgehead atoms. The number of halogens is 1. The summed E-state index contributed by atoms with van der Waals surface area (Å²) in [6, 6.07) is 10.7. The average molecular weight is 304 g/mol.